The van der Waals surface area contributed by atoms with Gasteiger partial charge in [-0.25, -0.2) is 9.78 Å². The van der Waals surface area contributed by atoms with Crippen LogP contribution < -0.4 is 11.0 Å². The SMILES string of the molecule is C[C@@H]1CC/C(=N\Nc2ccccc2)c2ncc(/C=C/C(=O)O)c(=O)n21. The van der Waals surface area contributed by atoms with Crippen LogP contribution in [0, 0.1) is 0 Å². The number of hydrazone groups is 1. The fraction of sp³-hybridized carbons (Fsp3) is 0.222. The lowest BCUT2D eigenvalue weighted by Gasteiger charge is -2.25. The third kappa shape index (κ3) is 3.65. The molecule has 0 bridgehead atoms. The molecule has 0 saturated carbocycles. The van der Waals surface area contributed by atoms with Crippen LogP contribution in [-0.2, 0) is 4.79 Å². The van der Waals surface area contributed by atoms with E-state index in [1.807, 2.05) is 37.3 Å². The molecule has 7 heteroatoms. The molecule has 0 aliphatic carbocycles. The first-order valence-electron chi connectivity index (χ1n) is 7.97. The van der Waals surface area contributed by atoms with E-state index in [9.17, 15) is 9.59 Å². The van der Waals surface area contributed by atoms with Gasteiger partial charge in [0.05, 0.1) is 11.3 Å². The highest BCUT2D eigenvalue weighted by molar-refractivity contribution is 5.98. The predicted octanol–water partition coefficient (Wildman–Crippen LogP) is 2.51. The van der Waals surface area contributed by atoms with Gasteiger partial charge in [0.2, 0.25) is 0 Å². The minimum Gasteiger partial charge on any atom is -0.478 e. The van der Waals surface area contributed by atoms with E-state index in [1.54, 1.807) is 4.57 Å². The third-order valence-corrected chi connectivity index (χ3v) is 4.02. The standard InChI is InChI=1S/C18H18N4O3/c1-12-7-9-15(21-20-14-5-3-2-4-6-14)17-19-11-13(8-10-16(23)24)18(25)22(12)17/h2-6,8,10-12,20H,7,9H2,1H3,(H,23,24)/b10-8+,21-15+/t12-/m1/s1. The van der Waals surface area contributed by atoms with Gasteiger partial charge in [-0.1, -0.05) is 18.2 Å². The Bertz CT molecular complexity index is 900. The number of carbonyl (C=O) groups is 1. The van der Waals surface area contributed by atoms with E-state index >= 15 is 0 Å². The zero-order valence-corrected chi connectivity index (χ0v) is 13.7. The summed E-state index contributed by atoms with van der Waals surface area (Å²) in [7, 11) is 0. The Morgan fingerprint density at radius 3 is 2.88 bits per heavy atom. The number of carboxylic acids is 1. The van der Waals surface area contributed by atoms with Gasteiger partial charge >= 0.3 is 5.97 Å². The van der Waals surface area contributed by atoms with E-state index < -0.39 is 5.97 Å². The highest BCUT2D eigenvalue weighted by Gasteiger charge is 2.24. The zero-order valence-electron chi connectivity index (χ0n) is 13.7. The van der Waals surface area contributed by atoms with Crippen LogP contribution in [0.3, 0.4) is 0 Å². The van der Waals surface area contributed by atoms with Gasteiger partial charge in [-0.3, -0.25) is 14.8 Å². The van der Waals surface area contributed by atoms with E-state index in [0.29, 0.717) is 18.0 Å². The van der Waals surface area contributed by atoms with Crippen molar-refractivity contribution in [1.29, 1.82) is 0 Å². The van der Waals surface area contributed by atoms with Crippen LogP contribution in [0.25, 0.3) is 6.08 Å². The molecule has 1 aromatic carbocycles. The molecule has 0 radical (unpaired) electrons. The molecule has 25 heavy (non-hydrogen) atoms. The van der Waals surface area contributed by atoms with Crippen molar-refractivity contribution in [2.45, 2.75) is 25.8 Å². The summed E-state index contributed by atoms with van der Waals surface area (Å²) in [6, 6.07) is 9.50. The fourth-order valence-corrected chi connectivity index (χ4v) is 2.72. The number of para-hydroxylation sites is 1. The molecule has 1 aromatic heterocycles. The van der Waals surface area contributed by atoms with Crippen LogP contribution in [0.15, 0.2) is 52.5 Å². The van der Waals surface area contributed by atoms with Gasteiger partial charge in [0.25, 0.3) is 5.56 Å². The van der Waals surface area contributed by atoms with Crippen LogP contribution in [0.4, 0.5) is 5.69 Å². The molecule has 1 aliphatic rings. The van der Waals surface area contributed by atoms with Crippen molar-refractivity contribution in [2.24, 2.45) is 5.10 Å². The molecule has 1 atom stereocenters. The molecule has 2 heterocycles. The lowest BCUT2D eigenvalue weighted by molar-refractivity contribution is -0.131. The lowest BCUT2D eigenvalue weighted by Crippen LogP contribution is -2.35. The number of nitrogens with one attached hydrogen (secondary N) is 1. The maximum absolute atomic E-state index is 12.7. The second-order valence-electron chi connectivity index (χ2n) is 5.81. The van der Waals surface area contributed by atoms with Crippen molar-refractivity contribution in [2.75, 3.05) is 5.43 Å². The third-order valence-electron chi connectivity index (χ3n) is 4.02. The number of carboxylic acid groups (broad SMARTS) is 1. The van der Waals surface area contributed by atoms with Gasteiger partial charge in [0.1, 0.15) is 5.71 Å². The summed E-state index contributed by atoms with van der Waals surface area (Å²) in [5.41, 5.74) is 4.52. The van der Waals surface area contributed by atoms with Crippen molar-refractivity contribution in [1.82, 2.24) is 9.55 Å². The van der Waals surface area contributed by atoms with Crippen molar-refractivity contribution < 1.29 is 9.90 Å². The molecule has 0 amide bonds. The number of hydrogen-bond donors (Lipinski definition) is 2. The fourth-order valence-electron chi connectivity index (χ4n) is 2.72. The van der Waals surface area contributed by atoms with Crippen molar-refractivity contribution in [3.8, 4) is 0 Å². The minimum absolute atomic E-state index is 0.0242. The summed E-state index contributed by atoms with van der Waals surface area (Å²) in [5, 5.41) is 13.1. The van der Waals surface area contributed by atoms with Gasteiger partial charge < -0.3 is 5.11 Å². The normalized spacial score (nSPS) is 18.3. The van der Waals surface area contributed by atoms with Crippen LogP contribution in [0.1, 0.15) is 37.2 Å². The zero-order chi connectivity index (χ0) is 17.8. The van der Waals surface area contributed by atoms with E-state index in [4.69, 9.17) is 5.11 Å². The maximum atomic E-state index is 12.7. The monoisotopic (exact) mass is 338 g/mol. The van der Waals surface area contributed by atoms with Crippen molar-refractivity contribution in [3.63, 3.8) is 0 Å². The predicted molar refractivity (Wildman–Crippen MR) is 95.7 cm³/mol. The van der Waals surface area contributed by atoms with Gasteiger partial charge in [-0.15, -0.1) is 0 Å². The Morgan fingerprint density at radius 2 is 2.16 bits per heavy atom. The number of rotatable bonds is 4. The summed E-state index contributed by atoms with van der Waals surface area (Å²) < 4.78 is 1.58. The number of fused-ring (bicyclic) bond motifs is 1. The van der Waals surface area contributed by atoms with Crippen LogP contribution in [-0.4, -0.2) is 26.3 Å². The number of aliphatic carboxylic acids is 1. The Labute approximate surface area is 144 Å². The molecule has 0 saturated heterocycles. The number of nitrogens with zero attached hydrogens (tertiary/aromatic N) is 3. The highest BCUT2D eigenvalue weighted by Crippen LogP contribution is 2.22. The Hall–Kier alpha value is -3.22. The Kier molecular flexibility index (Phi) is 4.74. The largest absolute Gasteiger partial charge is 0.478 e. The van der Waals surface area contributed by atoms with Crippen molar-refractivity contribution >= 4 is 23.4 Å². The molecule has 2 N–H and O–H groups in total. The first kappa shape index (κ1) is 16.6. The van der Waals surface area contributed by atoms with Gasteiger partial charge in [-0.05, 0) is 38.0 Å². The second kappa shape index (κ2) is 7.12. The molecule has 0 spiro atoms. The molecule has 3 rings (SSSR count). The average Bonchev–Trinajstić information content (AvgIpc) is 2.61. The number of aromatic nitrogens is 2. The molecule has 0 unspecified atom stereocenters. The number of benzene rings is 1. The molecule has 0 fully saturated rings. The highest BCUT2D eigenvalue weighted by atomic mass is 16.4. The average molecular weight is 338 g/mol. The molecule has 1 aliphatic heterocycles. The van der Waals surface area contributed by atoms with E-state index in [-0.39, 0.29) is 17.2 Å². The summed E-state index contributed by atoms with van der Waals surface area (Å²) >= 11 is 0. The molecule has 2 aromatic rings. The van der Waals surface area contributed by atoms with Gasteiger partial charge in [-0.2, -0.15) is 5.10 Å². The molecule has 7 nitrogen and oxygen atoms in total. The summed E-state index contributed by atoms with van der Waals surface area (Å²) in [4.78, 5) is 27.7. The van der Waals surface area contributed by atoms with E-state index in [1.165, 1.54) is 12.3 Å². The molecule has 128 valence electrons. The summed E-state index contributed by atoms with van der Waals surface area (Å²) in [6.45, 7) is 1.94. The van der Waals surface area contributed by atoms with E-state index in [2.05, 4.69) is 15.5 Å². The van der Waals surface area contributed by atoms with Gasteiger partial charge in [0.15, 0.2) is 5.82 Å². The first-order valence-corrected chi connectivity index (χ1v) is 7.97. The van der Waals surface area contributed by atoms with Crippen LogP contribution in [0.5, 0.6) is 0 Å². The number of anilines is 1. The van der Waals surface area contributed by atoms with Crippen LogP contribution >= 0.6 is 0 Å². The summed E-state index contributed by atoms with van der Waals surface area (Å²) in [5.74, 6) is -0.593. The van der Waals surface area contributed by atoms with Gasteiger partial charge in [0, 0.05) is 18.3 Å². The van der Waals surface area contributed by atoms with E-state index in [0.717, 1.165) is 18.2 Å². The Morgan fingerprint density at radius 1 is 1.40 bits per heavy atom. The van der Waals surface area contributed by atoms with Crippen molar-refractivity contribution in [3.05, 3.63) is 64.3 Å². The summed E-state index contributed by atoms with van der Waals surface area (Å²) in [6.07, 6.45) is 5.06. The minimum atomic E-state index is -1.11. The second-order valence-corrected chi connectivity index (χ2v) is 5.81. The lowest BCUT2D eigenvalue weighted by atomic mass is 10.0. The number of hydrogen-bond acceptors (Lipinski definition) is 5. The molecular formula is C18H18N4O3. The van der Waals surface area contributed by atoms with Crippen LogP contribution in [0.2, 0.25) is 0 Å². The molecular weight excluding hydrogens is 320 g/mol. The topological polar surface area (TPSA) is 96.6 Å². The maximum Gasteiger partial charge on any atom is 0.328 e. The smallest absolute Gasteiger partial charge is 0.328 e. The Balaban J connectivity index is 1.98. The first-order chi connectivity index (χ1) is 12.1. The quantitative estimate of drug-likeness (QED) is 0.659.